The second kappa shape index (κ2) is 8.85. The highest BCUT2D eigenvalue weighted by Crippen LogP contribution is 2.24. The van der Waals surface area contributed by atoms with Crippen molar-refractivity contribution in [2.45, 2.75) is 48.0 Å². The first-order chi connectivity index (χ1) is 15.7. The van der Waals surface area contributed by atoms with Gasteiger partial charge in [0.15, 0.2) is 5.82 Å². The van der Waals surface area contributed by atoms with Crippen LogP contribution in [0.25, 0.3) is 5.82 Å². The molecule has 0 bridgehead atoms. The van der Waals surface area contributed by atoms with E-state index in [0.29, 0.717) is 34.7 Å². The third-order valence-corrected chi connectivity index (χ3v) is 5.55. The van der Waals surface area contributed by atoms with Crippen molar-refractivity contribution in [3.63, 3.8) is 0 Å². The first-order valence-electron chi connectivity index (χ1n) is 10.6. The van der Waals surface area contributed by atoms with Gasteiger partial charge in [0.1, 0.15) is 17.3 Å². The van der Waals surface area contributed by atoms with Crippen molar-refractivity contribution >= 4 is 11.6 Å². The van der Waals surface area contributed by atoms with Gasteiger partial charge in [0.25, 0.3) is 0 Å². The molecule has 0 saturated carbocycles. The van der Waals surface area contributed by atoms with Crippen LogP contribution in [0.4, 0.5) is 5.69 Å². The molecule has 4 rings (SSSR count). The van der Waals surface area contributed by atoms with Gasteiger partial charge in [-0.2, -0.15) is 10.1 Å². The number of rotatable bonds is 6. The van der Waals surface area contributed by atoms with Gasteiger partial charge in [-0.3, -0.25) is 4.79 Å². The second-order valence-corrected chi connectivity index (χ2v) is 7.97. The molecular weight excluding hydrogens is 420 g/mol. The van der Waals surface area contributed by atoms with Gasteiger partial charge in [-0.15, -0.1) is 0 Å². The highest BCUT2D eigenvalue weighted by atomic mass is 16.5. The molecule has 4 aromatic rings. The van der Waals surface area contributed by atoms with Crippen LogP contribution in [0, 0.1) is 41.5 Å². The summed E-state index contributed by atoms with van der Waals surface area (Å²) in [5.74, 6) is 2.74. The average molecular weight is 447 g/mol. The zero-order chi connectivity index (χ0) is 23.7. The summed E-state index contributed by atoms with van der Waals surface area (Å²) in [6.45, 7) is 11.4. The first kappa shape index (κ1) is 22.2. The number of nitrogens with zero attached hydrogens (tertiary/aromatic N) is 5. The Bertz CT molecular complexity index is 1300. The summed E-state index contributed by atoms with van der Waals surface area (Å²) >= 11 is 0. The quantitative estimate of drug-likeness (QED) is 0.465. The molecule has 3 aromatic heterocycles. The van der Waals surface area contributed by atoms with E-state index in [1.165, 1.54) is 0 Å². The van der Waals surface area contributed by atoms with Crippen LogP contribution in [0.2, 0.25) is 0 Å². The third kappa shape index (κ3) is 4.77. The van der Waals surface area contributed by atoms with Crippen molar-refractivity contribution in [3.8, 4) is 17.4 Å². The lowest BCUT2D eigenvalue weighted by Crippen LogP contribution is -2.15. The van der Waals surface area contributed by atoms with Crippen LogP contribution in [0.1, 0.15) is 39.8 Å². The summed E-state index contributed by atoms with van der Waals surface area (Å²) in [7, 11) is 0. The topological polar surface area (TPSA) is 108 Å². The van der Waals surface area contributed by atoms with Crippen molar-refractivity contribution in [2.75, 3.05) is 5.32 Å². The molecule has 0 atom stereocenters. The number of benzene rings is 1. The number of amides is 1. The Morgan fingerprint density at radius 3 is 2.36 bits per heavy atom. The van der Waals surface area contributed by atoms with Gasteiger partial charge in [0, 0.05) is 23.0 Å². The number of nitrogens with one attached hydrogen (secondary N) is 1. The maximum atomic E-state index is 12.4. The standard InChI is InChI=1S/C24H26N6O3/c1-13-14(2)28-30(16(13)4)22-12-24(26-18(6)25-22)32-20-9-7-19(8-10-20)27-23(31)11-21-15(3)29-33-17(21)5/h7-10,12H,11H2,1-6H3,(H,27,31). The molecule has 1 N–H and O–H groups in total. The molecule has 0 saturated heterocycles. The van der Waals surface area contributed by atoms with E-state index in [9.17, 15) is 4.79 Å². The van der Waals surface area contributed by atoms with E-state index >= 15 is 0 Å². The Balaban J connectivity index is 1.46. The van der Waals surface area contributed by atoms with Crippen molar-refractivity contribution in [3.05, 3.63) is 70.1 Å². The summed E-state index contributed by atoms with van der Waals surface area (Å²) in [5.41, 5.74) is 5.30. The zero-order valence-electron chi connectivity index (χ0n) is 19.6. The summed E-state index contributed by atoms with van der Waals surface area (Å²) in [4.78, 5) is 21.3. The Labute approximate surface area is 191 Å². The minimum absolute atomic E-state index is 0.144. The van der Waals surface area contributed by atoms with Gasteiger partial charge in [-0.25, -0.2) is 9.67 Å². The van der Waals surface area contributed by atoms with Gasteiger partial charge >= 0.3 is 0 Å². The Morgan fingerprint density at radius 2 is 1.76 bits per heavy atom. The van der Waals surface area contributed by atoms with Gasteiger partial charge in [-0.05, 0) is 71.4 Å². The van der Waals surface area contributed by atoms with Crippen LogP contribution in [0.15, 0.2) is 34.9 Å². The summed E-state index contributed by atoms with van der Waals surface area (Å²) in [5, 5.41) is 11.3. The average Bonchev–Trinajstić information content (AvgIpc) is 3.22. The molecule has 0 unspecified atom stereocenters. The predicted molar refractivity (Wildman–Crippen MR) is 123 cm³/mol. The molecule has 1 aromatic carbocycles. The lowest BCUT2D eigenvalue weighted by Gasteiger charge is -2.10. The Hall–Kier alpha value is -4.01. The maximum absolute atomic E-state index is 12.4. The highest BCUT2D eigenvalue weighted by molar-refractivity contribution is 5.92. The van der Waals surface area contributed by atoms with Gasteiger partial charge in [0.05, 0.1) is 17.8 Å². The lowest BCUT2D eigenvalue weighted by molar-refractivity contribution is -0.115. The number of hydrogen-bond donors (Lipinski definition) is 1. The molecule has 33 heavy (non-hydrogen) atoms. The Kier molecular flexibility index (Phi) is 5.95. The van der Waals surface area contributed by atoms with Crippen LogP contribution in [0.3, 0.4) is 0 Å². The van der Waals surface area contributed by atoms with Crippen molar-refractivity contribution in [2.24, 2.45) is 0 Å². The van der Waals surface area contributed by atoms with E-state index in [1.54, 1.807) is 41.9 Å². The number of ether oxygens (including phenoxy) is 1. The molecule has 0 fully saturated rings. The molecule has 9 nitrogen and oxygen atoms in total. The fraction of sp³-hybridized carbons (Fsp3) is 0.292. The fourth-order valence-corrected chi connectivity index (χ4v) is 3.48. The van der Waals surface area contributed by atoms with Gasteiger partial charge in [0.2, 0.25) is 11.8 Å². The minimum atomic E-state index is -0.144. The van der Waals surface area contributed by atoms with Crippen molar-refractivity contribution in [1.82, 2.24) is 24.9 Å². The van der Waals surface area contributed by atoms with E-state index < -0.39 is 0 Å². The van der Waals surface area contributed by atoms with Crippen LogP contribution in [-0.4, -0.2) is 30.8 Å². The van der Waals surface area contributed by atoms with E-state index in [0.717, 1.165) is 28.2 Å². The monoisotopic (exact) mass is 446 g/mol. The molecule has 0 aliphatic heterocycles. The Morgan fingerprint density at radius 1 is 1.03 bits per heavy atom. The maximum Gasteiger partial charge on any atom is 0.228 e. The second-order valence-electron chi connectivity index (χ2n) is 7.97. The van der Waals surface area contributed by atoms with Crippen LogP contribution < -0.4 is 10.1 Å². The fourth-order valence-electron chi connectivity index (χ4n) is 3.48. The molecule has 170 valence electrons. The lowest BCUT2D eigenvalue weighted by atomic mass is 10.1. The van der Waals surface area contributed by atoms with Gasteiger partial charge in [-0.1, -0.05) is 5.16 Å². The molecule has 0 aliphatic rings. The summed E-state index contributed by atoms with van der Waals surface area (Å²) in [6, 6.07) is 8.86. The third-order valence-electron chi connectivity index (χ3n) is 5.55. The number of aromatic nitrogens is 5. The number of anilines is 1. The number of hydrogen-bond acceptors (Lipinski definition) is 7. The molecular formula is C24H26N6O3. The van der Waals surface area contributed by atoms with E-state index in [2.05, 4.69) is 25.5 Å². The molecule has 0 aliphatic carbocycles. The van der Waals surface area contributed by atoms with E-state index in [4.69, 9.17) is 9.26 Å². The van der Waals surface area contributed by atoms with Crippen LogP contribution >= 0.6 is 0 Å². The number of aryl methyl sites for hydroxylation is 4. The largest absolute Gasteiger partial charge is 0.439 e. The molecule has 3 heterocycles. The molecule has 9 heteroatoms. The number of carbonyl (C=O) groups excluding carboxylic acids is 1. The minimum Gasteiger partial charge on any atom is -0.439 e. The summed E-state index contributed by atoms with van der Waals surface area (Å²) in [6.07, 6.45) is 0.203. The summed E-state index contributed by atoms with van der Waals surface area (Å²) < 4.78 is 12.9. The first-order valence-corrected chi connectivity index (χ1v) is 10.6. The highest BCUT2D eigenvalue weighted by Gasteiger charge is 2.15. The van der Waals surface area contributed by atoms with Crippen LogP contribution in [0.5, 0.6) is 11.6 Å². The molecule has 0 radical (unpaired) electrons. The molecule has 0 spiro atoms. The number of carbonyl (C=O) groups is 1. The zero-order valence-corrected chi connectivity index (χ0v) is 19.6. The molecule has 1 amide bonds. The normalized spacial score (nSPS) is 11.0. The smallest absolute Gasteiger partial charge is 0.228 e. The van der Waals surface area contributed by atoms with Crippen LogP contribution in [-0.2, 0) is 11.2 Å². The van der Waals surface area contributed by atoms with Crippen molar-refractivity contribution in [1.29, 1.82) is 0 Å². The van der Waals surface area contributed by atoms with E-state index in [1.807, 2.05) is 34.6 Å². The van der Waals surface area contributed by atoms with Gasteiger partial charge < -0.3 is 14.6 Å². The SMILES string of the molecule is Cc1nc(Oc2ccc(NC(=O)Cc3c(C)noc3C)cc2)cc(-n2nc(C)c(C)c2C)n1. The predicted octanol–water partition coefficient (Wildman–Crippen LogP) is 4.47. The van der Waals surface area contributed by atoms with E-state index in [-0.39, 0.29) is 12.3 Å². The van der Waals surface area contributed by atoms with Crippen molar-refractivity contribution < 1.29 is 14.1 Å².